The summed E-state index contributed by atoms with van der Waals surface area (Å²) in [5.74, 6) is 0.806. The lowest BCUT2D eigenvalue weighted by Gasteiger charge is -2.22. The number of unbranched alkanes of at least 4 members (excludes halogenated alkanes) is 2. The van der Waals surface area contributed by atoms with Crippen molar-refractivity contribution in [3.63, 3.8) is 0 Å². The van der Waals surface area contributed by atoms with Crippen LogP contribution in [0.3, 0.4) is 0 Å². The Morgan fingerprint density at radius 1 is 1.26 bits per heavy atom. The summed E-state index contributed by atoms with van der Waals surface area (Å²) in [4.78, 5) is 17.5. The molecule has 0 aliphatic carbocycles. The zero-order valence-electron chi connectivity index (χ0n) is 13.3. The summed E-state index contributed by atoms with van der Waals surface area (Å²) >= 11 is 0. The van der Waals surface area contributed by atoms with E-state index in [1.165, 1.54) is 12.8 Å². The van der Waals surface area contributed by atoms with Crippen LogP contribution in [0, 0.1) is 0 Å². The van der Waals surface area contributed by atoms with Gasteiger partial charge in [0.2, 0.25) is 5.91 Å². The molecule has 0 fully saturated rings. The number of benzene rings is 1. The van der Waals surface area contributed by atoms with Gasteiger partial charge in [0, 0.05) is 23.1 Å². The third-order valence-electron chi connectivity index (χ3n) is 4.90. The summed E-state index contributed by atoms with van der Waals surface area (Å²) in [6, 6.07) is 9.77. The number of fused-ring (bicyclic) bond motifs is 4. The Morgan fingerprint density at radius 3 is 3.00 bits per heavy atom. The molecule has 0 radical (unpaired) electrons. The topological polar surface area (TPSA) is 51.2 Å². The van der Waals surface area contributed by atoms with Gasteiger partial charge in [-0.3, -0.25) is 9.78 Å². The zero-order chi connectivity index (χ0) is 15.9. The zero-order valence-corrected chi connectivity index (χ0v) is 13.3. The summed E-state index contributed by atoms with van der Waals surface area (Å²) in [5.41, 5.74) is 3.13. The van der Waals surface area contributed by atoms with Gasteiger partial charge in [-0.25, -0.2) is 0 Å². The van der Waals surface area contributed by atoms with Gasteiger partial charge in [-0.1, -0.05) is 38.0 Å². The van der Waals surface area contributed by atoms with Crippen molar-refractivity contribution in [1.29, 1.82) is 0 Å². The molecule has 1 aromatic carbocycles. The number of hydrogen-bond acceptors (Lipinski definition) is 3. The highest BCUT2D eigenvalue weighted by Crippen LogP contribution is 2.50. The van der Waals surface area contributed by atoms with Crippen LogP contribution in [0.4, 0.5) is 5.69 Å². The van der Waals surface area contributed by atoms with Crippen LogP contribution < -0.4 is 10.1 Å². The number of aromatic nitrogens is 1. The van der Waals surface area contributed by atoms with E-state index in [1.807, 2.05) is 30.3 Å². The summed E-state index contributed by atoms with van der Waals surface area (Å²) in [5, 5.41) is 3.02. The van der Waals surface area contributed by atoms with Crippen LogP contribution in [-0.2, 0) is 16.6 Å². The monoisotopic (exact) mass is 308 g/mol. The van der Waals surface area contributed by atoms with Crippen LogP contribution in [0.2, 0.25) is 0 Å². The number of carbonyl (C=O) groups is 1. The van der Waals surface area contributed by atoms with Crippen molar-refractivity contribution in [2.24, 2.45) is 0 Å². The largest absolute Gasteiger partial charge is 0.491 e. The van der Waals surface area contributed by atoms with E-state index < -0.39 is 5.41 Å². The number of nitrogens with zero attached hydrogens (tertiary/aromatic N) is 1. The van der Waals surface area contributed by atoms with Gasteiger partial charge in [0.25, 0.3) is 0 Å². The van der Waals surface area contributed by atoms with Crippen LogP contribution in [-0.4, -0.2) is 17.5 Å². The average molecular weight is 308 g/mol. The smallest absolute Gasteiger partial charge is 0.243 e. The van der Waals surface area contributed by atoms with Crippen LogP contribution in [0.15, 0.2) is 36.5 Å². The number of rotatable bonds is 4. The second-order valence-corrected chi connectivity index (χ2v) is 6.28. The summed E-state index contributed by atoms with van der Waals surface area (Å²) in [6.45, 7) is 2.55. The predicted molar refractivity (Wildman–Crippen MR) is 88.8 cm³/mol. The fourth-order valence-electron chi connectivity index (χ4n) is 3.76. The second-order valence-electron chi connectivity index (χ2n) is 6.28. The quantitative estimate of drug-likeness (QED) is 0.880. The average Bonchev–Trinajstić information content (AvgIpc) is 3.09. The molecule has 2 aliphatic heterocycles. The third-order valence-corrected chi connectivity index (χ3v) is 4.90. The van der Waals surface area contributed by atoms with Crippen molar-refractivity contribution in [3.05, 3.63) is 53.3 Å². The van der Waals surface area contributed by atoms with Crippen LogP contribution in [0.1, 0.15) is 43.0 Å². The first-order valence-corrected chi connectivity index (χ1v) is 8.29. The molecular weight excluding hydrogens is 288 g/mol. The normalized spacial score (nSPS) is 21.0. The predicted octanol–water partition coefficient (Wildman–Crippen LogP) is 3.44. The minimum absolute atomic E-state index is 0.00203. The maximum absolute atomic E-state index is 12.9. The molecule has 1 N–H and O–H groups in total. The van der Waals surface area contributed by atoms with Crippen molar-refractivity contribution >= 4 is 11.6 Å². The maximum atomic E-state index is 12.9. The van der Waals surface area contributed by atoms with Gasteiger partial charge in [-0.2, -0.15) is 0 Å². The van der Waals surface area contributed by atoms with E-state index >= 15 is 0 Å². The molecule has 1 spiro atoms. The number of para-hydroxylation sites is 1. The molecule has 2 aromatic rings. The number of anilines is 1. The first kappa shape index (κ1) is 14.2. The Kier molecular flexibility index (Phi) is 3.33. The Hall–Kier alpha value is -2.36. The molecule has 0 bridgehead atoms. The molecule has 1 amide bonds. The molecule has 23 heavy (non-hydrogen) atoms. The molecular formula is C19H20N2O2. The van der Waals surface area contributed by atoms with Gasteiger partial charge in [-0.15, -0.1) is 0 Å². The number of nitrogens with one attached hydrogen (secondary N) is 1. The highest BCUT2D eigenvalue weighted by molar-refractivity contribution is 6.10. The molecule has 4 nitrogen and oxygen atoms in total. The minimum Gasteiger partial charge on any atom is -0.491 e. The number of hydrogen-bond donors (Lipinski definition) is 1. The lowest BCUT2D eigenvalue weighted by molar-refractivity contribution is -0.119. The second kappa shape index (κ2) is 5.37. The SMILES string of the molecule is CCCCCc1nccc2c1[C@]1(CO2)C(=O)Nc2ccccc21. The van der Waals surface area contributed by atoms with Crippen molar-refractivity contribution in [3.8, 4) is 5.75 Å². The van der Waals surface area contributed by atoms with Gasteiger partial charge in [0.15, 0.2) is 0 Å². The van der Waals surface area contributed by atoms with Gasteiger partial charge < -0.3 is 10.1 Å². The molecule has 0 saturated carbocycles. The van der Waals surface area contributed by atoms with Crippen molar-refractivity contribution < 1.29 is 9.53 Å². The van der Waals surface area contributed by atoms with Crippen LogP contribution in [0.5, 0.6) is 5.75 Å². The Morgan fingerprint density at radius 2 is 2.13 bits per heavy atom. The molecule has 118 valence electrons. The van der Waals surface area contributed by atoms with Crippen LogP contribution in [0.25, 0.3) is 0 Å². The maximum Gasteiger partial charge on any atom is 0.243 e. The molecule has 4 heteroatoms. The van der Waals surface area contributed by atoms with Crippen molar-refractivity contribution in [2.45, 2.75) is 38.0 Å². The Labute approximate surface area is 135 Å². The number of amides is 1. The van der Waals surface area contributed by atoms with E-state index in [2.05, 4.69) is 17.2 Å². The lowest BCUT2D eigenvalue weighted by atomic mass is 9.76. The highest BCUT2D eigenvalue weighted by atomic mass is 16.5. The number of ether oxygens (including phenoxy) is 1. The first-order chi connectivity index (χ1) is 11.3. The van der Waals surface area contributed by atoms with Gasteiger partial charge >= 0.3 is 0 Å². The number of aryl methyl sites for hydroxylation is 1. The van der Waals surface area contributed by atoms with Gasteiger partial charge in [0.1, 0.15) is 17.8 Å². The van der Waals surface area contributed by atoms with E-state index in [9.17, 15) is 4.79 Å². The molecule has 3 heterocycles. The highest BCUT2D eigenvalue weighted by Gasteiger charge is 2.55. The standard InChI is InChI=1S/C19H20N2O2/c1-2-3-4-9-15-17-16(10-11-20-15)23-12-19(17)13-7-5-6-8-14(13)21-18(19)22/h5-8,10-11H,2-4,9,12H2,1H3,(H,21,22)/t19-/m1/s1. The van der Waals surface area contributed by atoms with Gasteiger partial charge in [-0.05, 0) is 30.5 Å². The summed E-state index contributed by atoms with van der Waals surface area (Å²) < 4.78 is 5.91. The van der Waals surface area contributed by atoms with E-state index in [4.69, 9.17) is 4.74 Å². The van der Waals surface area contributed by atoms with Crippen molar-refractivity contribution in [1.82, 2.24) is 4.98 Å². The molecule has 0 saturated heterocycles. The fourth-order valence-corrected chi connectivity index (χ4v) is 3.76. The Bertz CT molecular complexity index is 772. The van der Waals surface area contributed by atoms with Crippen LogP contribution >= 0.6 is 0 Å². The minimum atomic E-state index is -0.734. The van der Waals surface area contributed by atoms with E-state index in [-0.39, 0.29) is 5.91 Å². The molecule has 1 atom stereocenters. The van der Waals surface area contributed by atoms with E-state index in [1.54, 1.807) is 6.20 Å². The molecule has 0 unspecified atom stereocenters. The van der Waals surface area contributed by atoms with E-state index in [0.29, 0.717) is 6.61 Å². The first-order valence-electron chi connectivity index (χ1n) is 8.29. The fraction of sp³-hybridized carbons (Fsp3) is 0.368. The van der Waals surface area contributed by atoms with Gasteiger partial charge in [0.05, 0.1) is 0 Å². The lowest BCUT2D eigenvalue weighted by Crippen LogP contribution is -2.38. The molecule has 1 aromatic heterocycles. The number of carbonyl (C=O) groups excluding carboxylic acids is 1. The molecule has 2 aliphatic rings. The number of pyridine rings is 1. The summed E-state index contributed by atoms with van der Waals surface area (Å²) in [7, 11) is 0. The third kappa shape index (κ3) is 1.97. The Balaban J connectivity index is 1.85. The summed E-state index contributed by atoms with van der Waals surface area (Å²) in [6.07, 6.45) is 6.09. The van der Waals surface area contributed by atoms with Crippen molar-refractivity contribution in [2.75, 3.05) is 11.9 Å². The van der Waals surface area contributed by atoms with E-state index in [0.717, 1.165) is 41.1 Å². The molecule has 4 rings (SSSR count).